The highest BCUT2D eigenvalue weighted by Crippen LogP contribution is 2.55. The third kappa shape index (κ3) is 5.60. The second kappa shape index (κ2) is 14.7. The van der Waals surface area contributed by atoms with Crippen molar-refractivity contribution in [3.8, 4) is 33.4 Å². The van der Waals surface area contributed by atoms with Crippen LogP contribution < -0.4 is 0 Å². The lowest BCUT2D eigenvalue weighted by Crippen LogP contribution is -2.08. The summed E-state index contributed by atoms with van der Waals surface area (Å²) in [6, 6.07) is 0. The number of aryl methyl sites for hydroxylation is 8. The molecule has 0 bridgehead atoms. The van der Waals surface area contributed by atoms with Crippen molar-refractivity contribution in [3.63, 3.8) is 0 Å². The standard InChI is InChI=1S/C62H72O/c1-25-26(2)34(10)49(35(11)27(25)3)50-41(17)43(19)51(44(20)42(50)18)59-53-36(12)28(4)30(6)38(14)55(53)60(56-39(15)31(7)29(5)37(13)54(56)59)52-45(21)47(23)62-58(48(52)24)57-40(16)32(8)33(9)46(22)61(57)63-62/h1-24H3. The fourth-order valence-corrected chi connectivity index (χ4v) is 12.3. The number of rotatable bonds is 3. The quantitative estimate of drug-likeness (QED) is 0.162. The van der Waals surface area contributed by atoms with Crippen LogP contribution in [0.3, 0.4) is 0 Å². The van der Waals surface area contributed by atoms with Gasteiger partial charge in [-0.15, -0.1) is 0 Å². The molecular formula is C62H72O. The Balaban J connectivity index is 1.69. The van der Waals surface area contributed by atoms with E-state index in [0.717, 1.165) is 11.2 Å². The van der Waals surface area contributed by atoms with E-state index in [0.29, 0.717) is 0 Å². The van der Waals surface area contributed by atoms with E-state index >= 15 is 0 Å². The van der Waals surface area contributed by atoms with E-state index in [-0.39, 0.29) is 0 Å². The van der Waals surface area contributed by atoms with Gasteiger partial charge in [0, 0.05) is 10.8 Å². The van der Waals surface area contributed by atoms with Gasteiger partial charge in [-0.1, -0.05) is 0 Å². The summed E-state index contributed by atoms with van der Waals surface area (Å²) in [6.45, 7) is 56.4. The minimum atomic E-state index is 1.03. The summed E-state index contributed by atoms with van der Waals surface area (Å²) in [7, 11) is 0. The Morgan fingerprint density at radius 1 is 0.143 bits per heavy atom. The molecule has 326 valence electrons. The maximum absolute atomic E-state index is 7.01. The summed E-state index contributed by atoms with van der Waals surface area (Å²) in [5.41, 5.74) is 43.3. The molecule has 0 aliphatic carbocycles. The Hall–Kier alpha value is -5.14. The van der Waals surface area contributed by atoms with Crippen LogP contribution in [0, 0.1) is 166 Å². The molecule has 1 aromatic heterocycles. The Bertz CT molecular complexity index is 3300. The van der Waals surface area contributed by atoms with Crippen LogP contribution in [0.15, 0.2) is 4.42 Å². The monoisotopic (exact) mass is 833 g/mol. The zero-order valence-electron chi connectivity index (χ0n) is 43.4. The van der Waals surface area contributed by atoms with Crippen molar-refractivity contribution in [2.75, 3.05) is 0 Å². The van der Waals surface area contributed by atoms with Gasteiger partial charge < -0.3 is 4.42 Å². The molecule has 63 heavy (non-hydrogen) atoms. The first-order valence-corrected chi connectivity index (χ1v) is 23.4. The predicted octanol–water partition coefficient (Wildman–Crippen LogP) is 18.3. The summed E-state index contributed by atoms with van der Waals surface area (Å²) in [4.78, 5) is 0. The summed E-state index contributed by atoms with van der Waals surface area (Å²) in [5.74, 6) is 0. The van der Waals surface area contributed by atoms with Crippen molar-refractivity contribution in [1.82, 2.24) is 0 Å². The van der Waals surface area contributed by atoms with Crippen LogP contribution in [0.1, 0.15) is 134 Å². The molecule has 0 unspecified atom stereocenters. The van der Waals surface area contributed by atoms with Crippen LogP contribution in [0.2, 0.25) is 0 Å². The number of hydrogen-bond acceptors (Lipinski definition) is 1. The van der Waals surface area contributed by atoms with Gasteiger partial charge >= 0.3 is 0 Å². The van der Waals surface area contributed by atoms with Crippen molar-refractivity contribution < 1.29 is 4.42 Å². The summed E-state index contributed by atoms with van der Waals surface area (Å²) in [5, 5.41) is 8.16. The van der Waals surface area contributed by atoms with E-state index in [1.165, 1.54) is 199 Å². The molecule has 8 rings (SSSR count). The van der Waals surface area contributed by atoms with Gasteiger partial charge in [-0.05, 0) is 355 Å². The van der Waals surface area contributed by atoms with Gasteiger partial charge in [0.05, 0.1) is 0 Å². The molecule has 0 saturated carbocycles. The maximum Gasteiger partial charge on any atom is 0.138 e. The molecule has 0 amide bonds. The molecule has 1 nitrogen and oxygen atoms in total. The van der Waals surface area contributed by atoms with Gasteiger partial charge in [-0.3, -0.25) is 0 Å². The zero-order valence-corrected chi connectivity index (χ0v) is 43.4. The van der Waals surface area contributed by atoms with E-state index in [9.17, 15) is 0 Å². The van der Waals surface area contributed by atoms with Gasteiger partial charge in [0.2, 0.25) is 0 Å². The molecule has 1 heterocycles. The first-order valence-electron chi connectivity index (χ1n) is 23.4. The fraction of sp³-hybridized carbons (Fsp3) is 0.387. The van der Waals surface area contributed by atoms with Gasteiger partial charge in [-0.2, -0.15) is 0 Å². The van der Waals surface area contributed by atoms with Crippen LogP contribution in [-0.4, -0.2) is 0 Å². The van der Waals surface area contributed by atoms with Crippen LogP contribution in [0.25, 0.3) is 76.9 Å². The molecule has 0 aliphatic heterocycles. The molecular weight excluding hydrogens is 761 g/mol. The van der Waals surface area contributed by atoms with Crippen LogP contribution >= 0.6 is 0 Å². The predicted molar refractivity (Wildman–Crippen MR) is 279 cm³/mol. The molecule has 0 radical (unpaired) electrons. The van der Waals surface area contributed by atoms with Gasteiger partial charge in [0.1, 0.15) is 11.2 Å². The van der Waals surface area contributed by atoms with E-state index in [1.807, 2.05) is 0 Å². The third-order valence-electron chi connectivity index (χ3n) is 18.1. The van der Waals surface area contributed by atoms with Crippen molar-refractivity contribution in [2.45, 2.75) is 166 Å². The molecule has 8 aromatic rings. The normalized spacial score (nSPS) is 12.1. The fourth-order valence-electron chi connectivity index (χ4n) is 12.3. The molecule has 0 spiro atoms. The third-order valence-corrected chi connectivity index (χ3v) is 18.1. The van der Waals surface area contributed by atoms with Gasteiger partial charge in [0.15, 0.2) is 0 Å². The number of benzene rings is 7. The van der Waals surface area contributed by atoms with Crippen molar-refractivity contribution in [3.05, 3.63) is 134 Å². The smallest absolute Gasteiger partial charge is 0.138 e. The lowest BCUT2D eigenvalue weighted by molar-refractivity contribution is 0.661. The molecule has 1 heteroatoms. The van der Waals surface area contributed by atoms with Crippen LogP contribution in [-0.2, 0) is 0 Å². The summed E-state index contributed by atoms with van der Waals surface area (Å²) < 4.78 is 7.01. The molecule has 0 fully saturated rings. The highest BCUT2D eigenvalue weighted by molar-refractivity contribution is 6.27. The van der Waals surface area contributed by atoms with Crippen molar-refractivity contribution in [1.29, 1.82) is 0 Å². The lowest BCUT2D eigenvalue weighted by atomic mass is 9.72. The molecule has 0 N–H and O–H groups in total. The molecule has 0 saturated heterocycles. The van der Waals surface area contributed by atoms with Crippen molar-refractivity contribution >= 4 is 43.5 Å². The minimum Gasteiger partial charge on any atom is -0.455 e. The van der Waals surface area contributed by atoms with Gasteiger partial charge in [0.25, 0.3) is 0 Å². The lowest BCUT2D eigenvalue weighted by Gasteiger charge is -2.31. The Kier molecular flexibility index (Phi) is 10.4. The first-order chi connectivity index (χ1) is 29.3. The molecule has 0 aliphatic rings. The largest absolute Gasteiger partial charge is 0.455 e. The second-order valence-electron chi connectivity index (χ2n) is 20.3. The minimum absolute atomic E-state index is 1.03. The average molecular weight is 833 g/mol. The topological polar surface area (TPSA) is 13.1 Å². The van der Waals surface area contributed by atoms with Crippen LogP contribution in [0.5, 0.6) is 0 Å². The Morgan fingerprint density at radius 3 is 0.651 bits per heavy atom. The first kappa shape index (κ1) is 44.5. The number of hydrogen-bond donors (Lipinski definition) is 0. The number of fused-ring (bicyclic) bond motifs is 5. The van der Waals surface area contributed by atoms with Crippen LogP contribution in [0.4, 0.5) is 0 Å². The van der Waals surface area contributed by atoms with E-state index in [2.05, 4.69) is 166 Å². The Morgan fingerprint density at radius 2 is 0.317 bits per heavy atom. The molecule has 7 aromatic carbocycles. The SMILES string of the molecule is Cc1c(C)c(C)c(-c2c(C)c(C)c(-c3c4c(C)c(C)c(C)c(C)c4c(-c4c(C)c(C)c5oc6c(C)c(C)c(C)c(C)c6c5c4C)c4c(C)c(C)c(C)c(C)c34)c(C)c2C)c(C)c1C. The van der Waals surface area contributed by atoms with Gasteiger partial charge in [-0.25, -0.2) is 0 Å². The van der Waals surface area contributed by atoms with E-state index < -0.39 is 0 Å². The maximum atomic E-state index is 7.01. The van der Waals surface area contributed by atoms with E-state index in [4.69, 9.17) is 4.42 Å². The summed E-state index contributed by atoms with van der Waals surface area (Å²) >= 11 is 0. The van der Waals surface area contributed by atoms with Crippen molar-refractivity contribution in [2.24, 2.45) is 0 Å². The molecule has 0 atom stereocenters. The highest BCUT2D eigenvalue weighted by Gasteiger charge is 2.32. The second-order valence-corrected chi connectivity index (χ2v) is 20.3. The highest BCUT2D eigenvalue weighted by atomic mass is 16.3. The summed E-state index contributed by atoms with van der Waals surface area (Å²) in [6.07, 6.45) is 0. The van der Waals surface area contributed by atoms with E-state index in [1.54, 1.807) is 0 Å². The Labute approximate surface area is 379 Å². The average Bonchev–Trinajstić information content (AvgIpc) is 3.67. The zero-order chi connectivity index (χ0) is 46.6. The number of furan rings is 1.